The molecular formula is C22H26N2O5. The molecule has 7 heteroatoms. The molecule has 1 fully saturated rings. The van der Waals surface area contributed by atoms with Crippen molar-refractivity contribution < 1.29 is 24.1 Å². The average molecular weight is 398 g/mol. The number of amides is 2. The van der Waals surface area contributed by atoms with Crippen LogP contribution in [0, 0.1) is 0 Å². The van der Waals surface area contributed by atoms with Gasteiger partial charge in [-0.25, -0.2) is 4.79 Å². The van der Waals surface area contributed by atoms with E-state index in [0.29, 0.717) is 30.2 Å². The molecule has 0 aromatic heterocycles. The van der Waals surface area contributed by atoms with Gasteiger partial charge in [-0.1, -0.05) is 24.3 Å². The Balaban J connectivity index is 1.47. The largest absolute Gasteiger partial charge is 0.508 e. The Morgan fingerprint density at radius 1 is 1.24 bits per heavy atom. The van der Waals surface area contributed by atoms with Crippen molar-refractivity contribution in [2.45, 2.75) is 38.5 Å². The number of urea groups is 1. The summed E-state index contributed by atoms with van der Waals surface area (Å²) in [5.74, 6) is 1.59. The van der Waals surface area contributed by atoms with E-state index in [0.717, 1.165) is 25.0 Å². The molecule has 2 aliphatic rings. The predicted molar refractivity (Wildman–Crippen MR) is 107 cm³/mol. The molecule has 0 bridgehead atoms. The SMILES string of the molecule is CC(NC(=O)N(Cc1ccccc1O)CC1CCCO1)c1ccc2c(c1)OCO2. The average Bonchev–Trinajstić information content (AvgIpc) is 3.40. The number of benzene rings is 2. The normalized spacial score (nSPS) is 18.4. The number of hydrogen-bond donors (Lipinski definition) is 2. The number of phenols is 1. The molecule has 0 spiro atoms. The van der Waals surface area contributed by atoms with E-state index in [4.69, 9.17) is 14.2 Å². The molecule has 0 radical (unpaired) electrons. The van der Waals surface area contributed by atoms with Gasteiger partial charge in [-0.05, 0) is 43.5 Å². The number of nitrogens with zero attached hydrogens (tertiary/aromatic N) is 1. The Morgan fingerprint density at radius 2 is 2.07 bits per heavy atom. The van der Waals surface area contributed by atoms with E-state index in [1.54, 1.807) is 17.0 Å². The summed E-state index contributed by atoms with van der Waals surface area (Å²) in [6.07, 6.45) is 1.96. The highest BCUT2D eigenvalue weighted by Crippen LogP contribution is 2.34. The van der Waals surface area contributed by atoms with Crippen molar-refractivity contribution in [1.29, 1.82) is 0 Å². The standard InChI is InChI=1S/C22H26N2O5/c1-15(16-8-9-20-21(11-16)29-14-28-20)23-22(26)24(13-18-6-4-10-27-18)12-17-5-2-3-7-19(17)25/h2-3,5,7-9,11,15,18,25H,4,6,10,12-14H2,1H3,(H,23,26). The van der Waals surface area contributed by atoms with Crippen LogP contribution in [0.15, 0.2) is 42.5 Å². The van der Waals surface area contributed by atoms with Crippen LogP contribution in [0.5, 0.6) is 17.2 Å². The zero-order chi connectivity index (χ0) is 20.2. The second kappa shape index (κ2) is 8.61. The summed E-state index contributed by atoms with van der Waals surface area (Å²) in [5.41, 5.74) is 1.64. The van der Waals surface area contributed by atoms with E-state index in [2.05, 4.69) is 5.32 Å². The van der Waals surface area contributed by atoms with Gasteiger partial charge < -0.3 is 29.5 Å². The summed E-state index contributed by atoms with van der Waals surface area (Å²) in [5, 5.41) is 13.2. The highest BCUT2D eigenvalue weighted by Gasteiger charge is 2.25. The molecule has 2 unspecified atom stereocenters. The molecule has 4 rings (SSSR count). The molecule has 7 nitrogen and oxygen atoms in total. The van der Waals surface area contributed by atoms with Gasteiger partial charge in [0.15, 0.2) is 11.5 Å². The summed E-state index contributed by atoms with van der Waals surface area (Å²) in [4.78, 5) is 14.8. The molecule has 154 valence electrons. The Bertz CT molecular complexity index is 866. The van der Waals surface area contributed by atoms with Gasteiger partial charge in [0.2, 0.25) is 6.79 Å². The van der Waals surface area contributed by atoms with Crippen LogP contribution in [-0.2, 0) is 11.3 Å². The minimum atomic E-state index is -0.214. The van der Waals surface area contributed by atoms with Crippen molar-refractivity contribution in [2.75, 3.05) is 19.9 Å². The van der Waals surface area contributed by atoms with Crippen LogP contribution in [0.3, 0.4) is 0 Å². The smallest absolute Gasteiger partial charge is 0.318 e. The number of para-hydroxylation sites is 1. The van der Waals surface area contributed by atoms with Crippen molar-refractivity contribution in [3.63, 3.8) is 0 Å². The summed E-state index contributed by atoms with van der Waals surface area (Å²) in [7, 11) is 0. The summed E-state index contributed by atoms with van der Waals surface area (Å²) < 4.78 is 16.5. The van der Waals surface area contributed by atoms with Crippen LogP contribution in [0.4, 0.5) is 4.79 Å². The Labute approximate surface area is 170 Å². The second-order valence-corrected chi connectivity index (χ2v) is 7.43. The number of ether oxygens (including phenoxy) is 3. The molecule has 2 heterocycles. The molecule has 1 saturated heterocycles. The zero-order valence-electron chi connectivity index (χ0n) is 16.5. The fourth-order valence-corrected chi connectivity index (χ4v) is 3.65. The third-order valence-electron chi connectivity index (χ3n) is 5.32. The van der Waals surface area contributed by atoms with E-state index in [1.807, 2.05) is 37.3 Å². The fraction of sp³-hybridized carbons (Fsp3) is 0.409. The molecule has 2 aromatic carbocycles. The summed E-state index contributed by atoms with van der Waals surface area (Å²) >= 11 is 0. The number of fused-ring (bicyclic) bond motifs is 1. The highest BCUT2D eigenvalue weighted by atomic mass is 16.7. The maximum atomic E-state index is 13.1. The van der Waals surface area contributed by atoms with Crippen LogP contribution in [0.2, 0.25) is 0 Å². The minimum absolute atomic E-state index is 0.0208. The number of nitrogens with one attached hydrogen (secondary N) is 1. The van der Waals surface area contributed by atoms with Crippen molar-refractivity contribution >= 4 is 6.03 Å². The number of aromatic hydroxyl groups is 1. The molecule has 0 saturated carbocycles. The minimum Gasteiger partial charge on any atom is -0.508 e. The summed E-state index contributed by atoms with van der Waals surface area (Å²) in [6, 6.07) is 12.3. The predicted octanol–water partition coefficient (Wildman–Crippen LogP) is 3.57. The second-order valence-electron chi connectivity index (χ2n) is 7.43. The Kier molecular flexibility index (Phi) is 5.76. The van der Waals surface area contributed by atoms with Crippen LogP contribution in [0.1, 0.15) is 36.9 Å². The van der Waals surface area contributed by atoms with Crippen molar-refractivity contribution in [1.82, 2.24) is 10.2 Å². The van der Waals surface area contributed by atoms with Gasteiger partial charge in [-0.15, -0.1) is 0 Å². The van der Waals surface area contributed by atoms with E-state index >= 15 is 0 Å². The maximum Gasteiger partial charge on any atom is 0.318 e. The Hall–Kier alpha value is -2.93. The first-order valence-corrected chi connectivity index (χ1v) is 9.93. The van der Waals surface area contributed by atoms with Crippen molar-refractivity contribution in [3.05, 3.63) is 53.6 Å². The molecule has 2 N–H and O–H groups in total. The van der Waals surface area contributed by atoms with E-state index in [1.165, 1.54) is 0 Å². The van der Waals surface area contributed by atoms with Crippen LogP contribution in [0.25, 0.3) is 0 Å². The third kappa shape index (κ3) is 4.56. The number of carbonyl (C=O) groups excluding carboxylic acids is 1. The van der Waals surface area contributed by atoms with Gasteiger partial charge >= 0.3 is 6.03 Å². The first-order chi connectivity index (χ1) is 14.1. The monoisotopic (exact) mass is 398 g/mol. The topological polar surface area (TPSA) is 80.3 Å². The van der Waals surface area contributed by atoms with Gasteiger partial charge in [0.1, 0.15) is 5.75 Å². The van der Waals surface area contributed by atoms with Gasteiger partial charge in [0, 0.05) is 18.7 Å². The van der Waals surface area contributed by atoms with E-state index < -0.39 is 0 Å². The lowest BCUT2D eigenvalue weighted by Gasteiger charge is -2.28. The highest BCUT2D eigenvalue weighted by molar-refractivity contribution is 5.75. The number of phenolic OH excluding ortho intramolecular Hbond substituents is 1. The van der Waals surface area contributed by atoms with Crippen LogP contribution in [-0.4, -0.2) is 42.1 Å². The van der Waals surface area contributed by atoms with E-state index in [9.17, 15) is 9.90 Å². The third-order valence-corrected chi connectivity index (χ3v) is 5.32. The summed E-state index contributed by atoms with van der Waals surface area (Å²) in [6.45, 7) is 3.67. The molecule has 0 aliphatic carbocycles. The van der Waals surface area contributed by atoms with Gasteiger partial charge in [0.05, 0.1) is 18.7 Å². The lowest BCUT2D eigenvalue weighted by molar-refractivity contribution is 0.0788. The van der Waals surface area contributed by atoms with Gasteiger partial charge in [-0.3, -0.25) is 0 Å². The number of rotatable bonds is 6. The fourth-order valence-electron chi connectivity index (χ4n) is 3.65. The van der Waals surface area contributed by atoms with Crippen molar-refractivity contribution in [3.8, 4) is 17.2 Å². The maximum absolute atomic E-state index is 13.1. The molecule has 2 atom stereocenters. The van der Waals surface area contributed by atoms with Crippen molar-refractivity contribution in [2.24, 2.45) is 0 Å². The molecular weight excluding hydrogens is 372 g/mol. The number of carbonyl (C=O) groups is 1. The lowest BCUT2D eigenvalue weighted by atomic mass is 10.1. The van der Waals surface area contributed by atoms with E-state index in [-0.39, 0.29) is 30.7 Å². The zero-order valence-corrected chi connectivity index (χ0v) is 16.5. The molecule has 2 aliphatic heterocycles. The van der Waals surface area contributed by atoms with Gasteiger partial charge in [0.25, 0.3) is 0 Å². The first-order valence-electron chi connectivity index (χ1n) is 9.93. The first kappa shape index (κ1) is 19.4. The quantitative estimate of drug-likeness (QED) is 0.778. The molecule has 29 heavy (non-hydrogen) atoms. The van der Waals surface area contributed by atoms with Crippen LogP contribution >= 0.6 is 0 Å². The number of hydrogen-bond acceptors (Lipinski definition) is 5. The molecule has 2 amide bonds. The lowest BCUT2D eigenvalue weighted by Crippen LogP contribution is -2.44. The molecule has 2 aromatic rings. The van der Waals surface area contributed by atoms with Gasteiger partial charge in [-0.2, -0.15) is 0 Å². The van der Waals surface area contributed by atoms with Crippen LogP contribution < -0.4 is 14.8 Å². The Morgan fingerprint density at radius 3 is 2.86 bits per heavy atom.